The Balaban J connectivity index is 1.63. The molecular weight excluding hydrogens is 374 g/mol. The number of aliphatic imine (C=N–C) groups is 1. The summed E-state index contributed by atoms with van der Waals surface area (Å²) in [6, 6.07) is 18.5. The maximum atomic E-state index is 12.1. The Kier molecular flexibility index (Phi) is 4.82. The zero-order valence-electron chi connectivity index (χ0n) is 14.9. The van der Waals surface area contributed by atoms with E-state index in [9.17, 15) is 9.59 Å². The van der Waals surface area contributed by atoms with Gasteiger partial charge in [0.05, 0.1) is 11.4 Å². The lowest BCUT2D eigenvalue weighted by atomic mass is 10.2. The number of carbonyl (C=O) groups excluding carboxylic acids is 2. The number of hydrogen-bond acceptors (Lipinski definition) is 6. The number of cyclic esters (lactones) is 1. The van der Waals surface area contributed by atoms with Gasteiger partial charge in [0, 0.05) is 17.9 Å². The van der Waals surface area contributed by atoms with Gasteiger partial charge in [0.2, 0.25) is 11.8 Å². The van der Waals surface area contributed by atoms with Crippen molar-refractivity contribution in [1.82, 2.24) is 4.98 Å². The zero-order chi connectivity index (χ0) is 19.5. The van der Waals surface area contributed by atoms with E-state index >= 15 is 0 Å². The topological polar surface area (TPSA) is 71.9 Å². The van der Waals surface area contributed by atoms with Crippen molar-refractivity contribution in [2.75, 3.05) is 4.90 Å². The minimum Gasteiger partial charge on any atom is -0.402 e. The van der Waals surface area contributed by atoms with Crippen molar-refractivity contribution in [2.45, 2.75) is 6.92 Å². The fourth-order valence-electron chi connectivity index (χ4n) is 2.70. The first-order valence-corrected chi connectivity index (χ1v) is 9.39. The lowest BCUT2D eigenvalue weighted by molar-refractivity contribution is -0.130. The molecule has 1 aliphatic heterocycles. The molecule has 2 aromatic carbocycles. The minimum atomic E-state index is -0.528. The van der Waals surface area contributed by atoms with Crippen LogP contribution in [0.1, 0.15) is 18.2 Å². The molecule has 3 aromatic rings. The monoisotopic (exact) mass is 389 g/mol. The van der Waals surface area contributed by atoms with Crippen molar-refractivity contribution in [3.8, 4) is 0 Å². The average molecular weight is 389 g/mol. The molecule has 0 unspecified atom stereocenters. The summed E-state index contributed by atoms with van der Waals surface area (Å²) in [5.41, 5.74) is 2.16. The number of amides is 1. The number of hydrogen-bond donors (Lipinski definition) is 0. The number of aromatic nitrogens is 1. The van der Waals surface area contributed by atoms with Crippen molar-refractivity contribution >= 4 is 46.0 Å². The van der Waals surface area contributed by atoms with Gasteiger partial charge in [-0.05, 0) is 30.3 Å². The molecule has 0 fully saturated rings. The van der Waals surface area contributed by atoms with Gasteiger partial charge >= 0.3 is 5.97 Å². The van der Waals surface area contributed by atoms with E-state index in [1.165, 1.54) is 23.2 Å². The maximum Gasteiger partial charge on any atom is 0.363 e. The van der Waals surface area contributed by atoms with Gasteiger partial charge in [-0.15, -0.1) is 11.3 Å². The van der Waals surface area contributed by atoms with Crippen LogP contribution in [0.25, 0.3) is 6.08 Å². The molecule has 0 spiro atoms. The van der Waals surface area contributed by atoms with E-state index in [1.807, 2.05) is 60.7 Å². The molecule has 1 aromatic heterocycles. The van der Waals surface area contributed by atoms with E-state index in [1.54, 1.807) is 11.5 Å². The van der Waals surface area contributed by atoms with Crippen LogP contribution in [0.15, 0.2) is 76.7 Å². The highest BCUT2D eigenvalue weighted by Crippen LogP contribution is 2.30. The van der Waals surface area contributed by atoms with Crippen LogP contribution in [0.2, 0.25) is 0 Å². The molecule has 0 saturated carbocycles. The van der Waals surface area contributed by atoms with Crippen LogP contribution in [0.5, 0.6) is 0 Å². The first-order chi connectivity index (χ1) is 13.6. The van der Waals surface area contributed by atoms with Crippen molar-refractivity contribution in [2.24, 2.45) is 4.99 Å². The third-order valence-electron chi connectivity index (χ3n) is 3.96. The van der Waals surface area contributed by atoms with E-state index < -0.39 is 5.97 Å². The second kappa shape index (κ2) is 7.58. The Bertz CT molecular complexity index is 1090. The number of para-hydroxylation sites is 1. The van der Waals surface area contributed by atoms with Crippen molar-refractivity contribution in [1.29, 1.82) is 0 Å². The van der Waals surface area contributed by atoms with Gasteiger partial charge in [0.15, 0.2) is 10.8 Å². The van der Waals surface area contributed by atoms with Gasteiger partial charge in [0.1, 0.15) is 0 Å². The van der Waals surface area contributed by atoms with Gasteiger partial charge in [-0.3, -0.25) is 9.69 Å². The Labute approximate surface area is 165 Å². The van der Waals surface area contributed by atoms with Gasteiger partial charge in [-0.25, -0.2) is 14.8 Å². The molecule has 0 aliphatic carbocycles. The van der Waals surface area contributed by atoms with Crippen molar-refractivity contribution in [3.05, 3.63) is 83.0 Å². The molecule has 1 amide bonds. The normalized spacial score (nSPS) is 14.7. The molecule has 1 aliphatic rings. The number of anilines is 2. The molecule has 0 radical (unpaired) electrons. The smallest absolute Gasteiger partial charge is 0.363 e. The fraction of sp³-hybridized carbons (Fsp3) is 0.0476. The largest absolute Gasteiger partial charge is 0.402 e. The SMILES string of the molecule is CC(=O)N(c1ccccc1)c1nc(/C=C2/N=C(c3ccccc3)OC2=O)cs1. The standard InChI is InChI=1S/C21H15N3O3S/c1-14(25)24(17-10-6-3-7-11-17)21-22-16(13-28-21)12-18-20(26)27-19(23-18)15-8-4-2-5-9-15/h2-13H,1H3/b18-12+. The molecule has 2 heterocycles. The zero-order valence-corrected chi connectivity index (χ0v) is 15.7. The number of thiazole rings is 1. The van der Waals surface area contributed by atoms with E-state index in [4.69, 9.17) is 4.74 Å². The molecule has 0 bridgehead atoms. The van der Waals surface area contributed by atoms with Gasteiger partial charge in [0.25, 0.3) is 0 Å². The van der Waals surface area contributed by atoms with Crippen LogP contribution >= 0.6 is 11.3 Å². The van der Waals surface area contributed by atoms with Gasteiger partial charge < -0.3 is 4.74 Å². The Morgan fingerprint density at radius 1 is 1.07 bits per heavy atom. The van der Waals surface area contributed by atoms with Crippen LogP contribution in [-0.2, 0) is 14.3 Å². The van der Waals surface area contributed by atoms with Gasteiger partial charge in [-0.1, -0.05) is 36.4 Å². The molecule has 7 heteroatoms. The molecular formula is C21H15N3O3S. The lowest BCUT2D eigenvalue weighted by Crippen LogP contribution is -2.22. The molecule has 28 heavy (non-hydrogen) atoms. The van der Waals surface area contributed by atoms with E-state index in [2.05, 4.69) is 9.98 Å². The average Bonchev–Trinajstić information content (AvgIpc) is 3.31. The number of benzene rings is 2. The molecule has 6 nitrogen and oxygen atoms in total. The van der Waals surface area contributed by atoms with E-state index in [0.29, 0.717) is 10.8 Å². The van der Waals surface area contributed by atoms with E-state index in [0.717, 1.165) is 11.3 Å². The first-order valence-electron chi connectivity index (χ1n) is 8.51. The number of carbonyl (C=O) groups is 2. The number of esters is 1. The molecule has 0 N–H and O–H groups in total. The predicted molar refractivity (Wildman–Crippen MR) is 108 cm³/mol. The summed E-state index contributed by atoms with van der Waals surface area (Å²) in [5.74, 6) is -0.411. The predicted octanol–water partition coefficient (Wildman–Crippen LogP) is 4.17. The summed E-state index contributed by atoms with van der Waals surface area (Å²) >= 11 is 1.31. The van der Waals surface area contributed by atoms with E-state index in [-0.39, 0.29) is 17.5 Å². The molecule has 0 atom stereocenters. The first kappa shape index (κ1) is 17.8. The molecule has 4 rings (SSSR count). The minimum absolute atomic E-state index is 0.149. The lowest BCUT2D eigenvalue weighted by Gasteiger charge is -2.17. The maximum absolute atomic E-state index is 12.1. The summed E-state index contributed by atoms with van der Waals surface area (Å²) in [6.07, 6.45) is 1.56. The Morgan fingerprint density at radius 2 is 1.75 bits per heavy atom. The summed E-state index contributed by atoms with van der Waals surface area (Å²) < 4.78 is 5.25. The van der Waals surface area contributed by atoms with Crippen LogP contribution in [0, 0.1) is 0 Å². The second-order valence-corrected chi connectivity index (χ2v) is 6.78. The number of ether oxygens (including phenoxy) is 1. The third kappa shape index (κ3) is 3.60. The van der Waals surface area contributed by atoms with Crippen molar-refractivity contribution in [3.63, 3.8) is 0 Å². The van der Waals surface area contributed by atoms with Crippen LogP contribution in [-0.4, -0.2) is 22.8 Å². The van der Waals surface area contributed by atoms with Crippen molar-refractivity contribution < 1.29 is 14.3 Å². The fourth-order valence-corrected chi connectivity index (χ4v) is 3.55. The highest BCUT2D eigenvalue weighted by molar-refractivity contribution is 7.14. The van der Waals surface area contributed by atoms with Crippen LogP contribution < -0.4 is 4.90 Å². The van der Waals surface area contributed by atoms with Crippen LogP contribution in [0.4, 0.5) is 10.8 Å². The Hall–Kier alpha value is -3.58. The summed E-state index contributed by atoms with van der Waals surface area (Å²) in [6.45, 7) is 1.48. The Morgan fingerprint density at radius 3 is 2.43 bits per heavy atom. The highest BCUT2D eigenvalue weighted by Gasteiger charge is 2.25. The molecule has 138 valence electrons. The molecule has 0 saturated heterocycles. The number of nitrogens with zero attached hydrogens (tertiary/aromatic N) is 3. The summed E-state index contributed by atoms with van der Waals surface area (Å²) in [4.78, 5) is 34.5. The summed E-state index contributed by atoms with van der Waals surface area (Å²) in [5, 5.41) is 2.29. The summed E-state index contributed by atoms with van der Waals surface area (Å²) in [7, 11) is 0. The highest BCUT2D eigenvalue weighted by atomic mass is 32.1. The third-order valence-corrected chi connectivity index (χ3v) is 4.80. The second-order valence-electron chi connectivity index (χ2n) is 5.95. The quantitative estimate of drug-likeness (QED) is 0.496. The van der Waals surface area contributed by atoms with Gasteiger partial charge in [-0.2, -0.15) is 0 Å². The number of rotatable bonds is 4. The van der Waals surface area contributed by atoms with Crippen LogP contribution in [0.3, 0.4) is 0 Å².